The van der Waals surface area contributed by atoms with E-state index in [9.17, 15) is 0 Å². The number of aryl methyl sites for hydroxylation is 1. The zero-order valence-electron chi connectivity index (χ0n) is 14.1. The van der Waals surface area contributed by atoms with E-state index in [2.05, 4.69) is 41.5 Å². The molecule has 0 bridgehead atoms. The molecule has 3 aromatic rings. The second-order valence-corrected chi connectivity index (χ2v) is 7.62. The topological polar surface area (TPSA) is 24.9 Å². The van der Waals surface area contributed by atoms with Crippen LogP contribution in [-0.2, 0) is 6.42 Å². The van der Waals surface area contributed by atoms with E-state index in [1.165, 1.54) is 24.8 Å². The zero-order valence-corrected chi connectivity index (χ0v) is 16.4. The highest BCUT2D eigenvalue weighted by Gasteiger charge is 2.07. The van der Waals surface area contributed by atoms with E-state index in [1.54, 1.807) is 17.4 Å². The van der Waals surface area contributed by atoms with Crippen molar-refractivity contribution in [1.82, 2.24) is 4.98 Å². The third-order valence-electron chi connectivity index (χ3n) is 3.99. The molecule has 1 aromatic heterocycles. The summed E-state index contributed by atoms with van der Waals surface area (Å²) in [7, 11) is 0. The molecule has 1 heterocycles. The van der Waals surface area contributed by atoms with Crippen LogP contribution in [0.25, 0.3) is 11.3 Å². The lowest BCUT2D eigenvalue weighted by Gasteiger charge is -2.05. The van der Waals surface area contributed by atoms with Crippen molar-refractivity contribution < 1.29 is 0 Å². The normalized spacial score (nSPS) is 10.8. The van der Waals surface area contributed by atoms with Gasteiger partial charge in [0.05, 0.1) is 15.7 Å². The van der Waals surface area contributed by atoms with Crippen molar-refractivity contribution >= 4 is 45.4 Å². The number of unbranched alkanes of at least 4 members (excludes halogenated alkanes) is 2. The number of rotatable bonds is 7. The summed E-state index contributed by atoms with van der Waals surface area (Å²) in [6.45, 7) is 2.23. The summed E-state index contributed by atoms with van der Waals surface area (Å²) in [6, 6.07) is 14.2. The van der Waals surface area contributed by atoms with Gasteiger partial charge in [0.25, 0.3) is 0 Å². The highest BCUT2D eigenvalue weighted by molar-refractivity contribution is 7.14. The molecule has 0 radical (unpaired) electrons. The van der Waals surface area contributed by atoms with Crippen LogP contribution in [0.15, 0.2) is 47.8 Å². The van der Waals surface area contributed by atoms with Crippen molar-refractivity contribution in [3.8, 4) is 11.3 Å². The predicted molar refractivity (Wildman–Crippen MR) is 111 cm³/mol. The van der Waals surface area contributed by atoms with E-state index in [-0.39, 0.29) is 0 Å². The number of thiazole rings is 1. The van der Waals surface area contributed by atoms with Gasteiger partial charge in [-0.25, -0.2) is 4.98 Å². The number of hydrogen-bond acceptors (Lipinski definition) is 3. The molecule has 3 rings (SSSR count). The minimum Gasteiger partial charge on any atom is -0.332 e. The number of benzene rings is 2. The van der Waals surface area contributed by atoms with Crippen molar-refractivity contribution in [1.29, 1.82) is 0 Å². The number of hydrogen-bond donors (Lipinski definition) is 1. The number of nitrogens with one attached hydrogen (secondary N) is 1. The summed E-state index contributed by atoms with van der Waals surface area (Å²) >= 11 is 13.6. The van der Waals surface area contributed by atoms with E-state index in [1.807, 2.05) is 17.5 Å². The second-order valence-electron chi connectivity index (χ2n) is 5.95. The fourth-order valence-corrected chi connectivity index (χ4v) is 3.61. The number of aromatic nitrogens is 1. The van der Waals surface area contributed by atoms with Gasteiger partial charge in [0.1, 0.15) is 0 Å². The van der Waals surface area contributed by atoms with Crippen LogP contribution in [0.2, 0.25) is 10.0 Å². The van der Waals surface area contributed by atoms with Gasteiger partial charge in [-0.1, -0.05) is 61.2 Å². The third-order valence-corrected chi connectivity index (χ3v) is 5.49. The van der Waals surface area contributed by atoms with Crippen LogP contribution in [0, 0.1) is 0 Å². The van der Waals surface area contributed by atoms with E-state index >= 15 is 0 Å². The average Bonchev–Trinajstić information content (AvgIpc) is 3.08. The van der Waals surface area contributed by atoms with Gasteiger partial charge in [0, 0.05) is 16.6 Å². The van der Waals surface area contributed by atoms with Gasteiger partial charge < -0.3 is 5.32 Å². The van der Waals surface area contributed by atoms with Crippen molar-refractivity contribution in [3.05, 3.63) is 63.5 Å². The molecule has 0 unspecified atom stereocenters. The molecule has 0 aliphatic rings. The minimum atomic E-state index is 0.542. The Balaban J connectivity index is 1.65. The second kappa shape index (κ2) is 8.70. The fraction of sp³-hybridized carbons (Fsp3) is 0.250. The van der Waals surface area contributed by atoms with E-state index in [0.717, 1.165) is 28.5 Å². The molecule has 2 nitrogen and oxygen atoms in total. The van der Waals surface area contributed by atoms with Gasteiger partial charge in [-0.3, -0.25) is 0 Å². The summed E-state index contributed by atoms with van der Waals surface area (Å²) in [4.78, 5) is 4.64. The lowest BCUT2D eigenvalue weighted by molar-refractivity contribution is 0.717. The third kappa shape index (κ3) is 4.97. The number of halogens is 2. The van der Waals surface area contributed by atoms with Gasteiger partial charge in [-0.15, -0.1) is 11.3 Å². The van der Waals surface area contributed by atoms with Gasteiger partial charge in [0.15, 0.2) is 5.13 Å². The van der Waals surface area contributed by atoms with Crippen molar-refractivity contribution in [2.45, 2.75) is 32.6 Å². The lowest BCUT2D eigenvalue weighted by atomic mass is 10.1. The molecule has 5 heteroatoms. The highest BCUT2D eigenvalue weighted by Crippen LogP contribution is 2.31. The summed E-state index contributed by atoms with van der Waals surface area (Å²) in [6.07, 6.45) is 4.94. The van der Waals surface area contributed by atoms with E-state index in [0.29, 0.717) is 10.0 Å². The Morgan fingerprint density at radius 1 is 1.00 bits per heavy atom. The first-order valence-corrected chi connectivity index (χ1v) is 10.1. The van der Waals surface area contributed by atoms with Gasteiger partial charge >= 0.3 is 0 Å². The van der Waals surface area contributed by atoms with Gasteiger partial charge in [-0.2, -0.15) is 0 Å². The van der Waals surface area contributed by atoms with Crippen LogP contribution in [0.1, 0.15) is 31.7 Å². The van der Waals surface area contributed by atoms with Crippen LogP contribution in [0.4, 0.5) is 10.8 Å². The standard InChI is InChI=1S/C20H20Cl2N2S/c1-2-3-4-5-14-6-9-16(10-7-14)23-20-24-19(13-25-20)15-8-11-17(21)18(22)12-15/h6-13H,2-5H2,1H3,(H,23,24). The Morgan fingerprint density at radius 2 is 1.80 bits per heavy atom. The lowest BCUT2D eigenvalue weighted by Crippen LogP contribution is -1.91. The van der Waals surface area contributed by atoms with Crippen molar-refractivity contribution in [2.24, 2.45) is 0 Å². The van der Waals surface area contributed by atoms with Gasteiger partial charge in [0.2, 0.25) is 0 Å². The van der Waals surface area contributed by atoms with Crippen molar-refractivity contribution in [3.63, 3.8) is 0 Å². The SMILES string of the molecule is CCCCCc1ccc(Nc2nc(-c3ccc(Cl)c(Cl)c3)cs2)cc1. The Kier molecular flexibility index (Phi) is 6.35. The molecule has 0 aliphatic heterocycles. The predicted octanol–water partition coefficient (Wildman–Crippen LogP) is 7.59. The quantitative estimate of drug-likeness (QED) is 0.420. The zero-order chi connectivity index (χ0) is 17.6. The highest BCUT2D eigenvalue weighted by atomic mass is 35.5. The maximum absolute atomic E-state index is 6.09. The Morgan fingerprint density at radius 3 is 2.52 bits per heavy atom. The molecular weight excluding hydrogens is 371 g/mol. The monoisotopic (exact) mass is 390 g/mol. The van der Waals surface area contributed by atoms with Crippen LogP contribution in [0.5, 0.6) is 0 Å². The molecule has 1 N–H and O–H groups in total. The van der Waals surface area contributed by atoms with Gasteiger partial charge in [-0.05, 0) is 42.7 Å². The molecule has 0 aliphatic carbocycles. The van der Waals surface area contributed by atoms with Crippen LogP contribution < -0.4 is 5.32 Å². The summed E-state index contributed by atoms with van der Waals surface area (Å²) < 4.78 is 0. The molecule has 130 valence electrons. The van der Waals surface area contributed by atoms with Crippen molar-refractivity contribution in [2.75, 3.05) is 5.32 Å². The maximum Gasteiger partial charge on any atom is 0.187 e. The minimum absolute atomic E-state index is 0.542. The molecule has 0 saturated carbocycles. The number of nitrogens with zero attached hydrogens (tertiary/aromatic N) is 1. The Labute approximate surface area is 162 Å². The Bertz CT molecular complexity index is 828. The summed E-state index contributed by atoms with van der Waals surface area (Å²) in [5, 5.41) is 7.33. The van der Waals surface area contributed by atoms with Crippen LogP contribution >= 0.6 is 34.5 Å². The largest absolute Gasteiger partial charge is 0.332 e. The first-order chi connectivity index (χ1) is 12.2. The fourth-order valence-electron chi connectivity index (χ4n) is 2.58. The smallest absolute Gasteiger partial charge is 0.187 e. The molecule has 2 aromatic carbocycles. The first-order valence-electron chi connectivity index (χ1n) is 8.42. The molecular formula is C20H20Cl2N2S. The molecule has 0 spiro atoms. The van der Waals surface area contributed by atoms with Crippen LogP contribution in [0.3, 0.4) is 0 Å². The Hall–Kier alpha value is -1.55. The molecule has 0 saturated heterocycles. The molecule has 0 fully saturated rings. The summed E-state index contributed by atoms with van der Waals surface area (Å²) in [5.41, 5.74) is 4.29. The number of anilines is 2. The van der Waals surface area contributed by atoms with E-state index < -0.39 is 0 Å². The summed E-state index contributed by atoms with van der Waals surface area (Å²) in [5.74, 6) is 0. The van der Waals surface area contributed by atoms with E-state index in [4.69, 9.17) is 23.2 Å². The maximum atomic E-state index is 6.09. The molecule has 0 amide bonds. The van der Waals surface area contributed by atoms with Crippen LogP contribution in [-0.4, -0.2) is 4.98 Å². The average molecular weight is 391 g/mol. The molecule has 25 heavy (non-hydrogen) atoms. The molecule has 0 atom stereocenters. The first kappa shape index (κ1) is 18.2.